The Labute approximate surface area is 201 Å². The fourth-order valence-corrected chi connectivity index (χ4v) is 4.58. The summed E-state index contributed by atoms with van der Waals surface area (Å²) in [6.07, 6.45) is 5.01. The molecule has 0 atom stereocenters. The average molecular weight is 511 g/mol. The van der Waals surface area contributed by atoms with E-state index in [-0.39, 0.29) is 17.6 Å². The molecule has 1 heterocycles. The average Bonchev–Trinajstić information content (AvgIpc) is 3.15. The van der Waals surface area contributed by atoms with Crippen LogP contribution in [-0.4, -0.2) is 28.4 Å². The van der Waals surface area contributed by atoms with Crippen LogP contribution in [0, 0.1) is 13.8 Å². The van der Waals surface area contributed by atoms with Gasteiger partial charge in [-0.1, -0.05) is 47.3 Å². The van der Waals surface area contributed by atoms with Gasteiger partial charge in [0.15, 0.2) is 0 Å². The second-order valence-electron chi connectivity index (χ2n) is 8.52. The maximum absolute atomic E-state index is 13.2. The summed E-state index contributed by atoms with van der Waals surface area (Å²) in [4.78, 5) is 38.5. The summed E-state index contributed by atoms with van der Waals surface area (Å²) in [7, 11) is 0. The van der Waals surface area contributed by atoms with E-state index in [0.29, 0.717) is 11.2 Å². The molecular formula is C25H27BrN4O3. The number of carbonyl (C=O) groups is 3. The standard InChI is InChI=1S/C25H27BrN4O3/c1-15-7-6-10-20(16(15)2)28-23(31)22-14-17-13-18(26)11-12-21(17)30(22)29-25(33)24(32)27-19-8-4-3-5-9-19/h6-7,10-14,19H,3-5,8-9H2,1-2H3,(H,27,32)(H,28,31)(H,29,33). The zero-order chi connectivity index (χ0) is 23.5. The van der Waals surface area contributed by atoms with Crippen LogP contribution in [0.1, 0.15) is 53.7 Å². The first-order valence-corrected chi connectivity index (χ1v) is 11.9. The van der Waals surface area contributed by atoms with Gasteiger partial charge in [0, 0.05) is 21.6 Å². The lowest BCUT2D eigenvalue weighted by atomic mass is 9.95. The number of aryl methyl sites for hydroxylation is 1. The van der Waals surface area contributed by atoms with Crippen LogP contribution in [0.4, 0.5) is 5.69 Å². The number of carbonyl (C=O) groups excluding carboxylic acids is 3. The van der Waals surface area contributed by atoms with Gasteiger partial charge < -0.3 is 10.6 Å². The highest BCUT2D eigenvalue weighted by molar-refractivity contribution is 9.10. The highest BCUT2D eigenvalue weighted by Gasteiger charge is 2.24. The van der Waals surface area contributed by atoms with Crippen molar-refractivity contribution in [3.8, 4) is 0 Å². The molecule has 0 bridgehead atoms. The van der Waals surface area contributed by atoms with Gasteiger partial charge in [0.2, 0.25) is 0 Å². The van der Waals surface area contributed by atoms with Crippen molar-refractivity contribution in [3.05, 3.63) is 63.8 Å². The van der Waals surface area contributed by atoms with Gasteiger partial charge in [-0.25, -0.2) is 4.68 Å². The second kappa shape index (κ2) is 9.79. The normalized spacial score (nSPS) is 14.2. The van der Waals surface area contributed by atoms with Crippen LogP contribution in [-0.2, 0) is 9.59 Å². The molecule has 1 saturated carbocycles. The number of nitrogens with one attached hydrogen (secondary N) is 3. The molecule has 33 heavy (non-hydrogen) atoms. The molecule has 2 aromatic carbocycles. The summed E-state index contributed by atoms with van der Waals surface area (Å²) in [5, 5.41) is 6.50. The number of anilines is 1. The summed E-state index contributed by atoms with van der Waals surface area (Å²) in [6, 6.07) is 12.9. The van der Waals surface area contributed by atoms with Crippen molar-refractivity contribution in [3.63, 3.8) is 0 Å². The van der Waals surface area contributed by atoms with Gasteiger partial charge in [0.1, 0.15) is 5.69 Å². The van der Waals surface area contributed by atoms with Gasteiger partial charge >= 0.3 is 11.8 Å². The molecule has 0 aliphatic heterocycles. The predicted octanol–water partition coefficient (Wildman–Crippen LogP) is 4.79. The zero-order valence-electron chi connectivity index (χ0n) is 18.7. The molecule has 0 spiro atoms. The fraction of sp³-hybridized carbons (Fsp3) is 0.320. The van der Waals surface area contributed by atoms with Crippen molar-refractivity contribution in [1.82, 2.24) is 9.99 Å². The number of rotatable bonds is 4. The van der Waals surface area contributed by atoms with Crippen LogP contribution in [0.5, 0.6) is 0 Å². The molecule has 0 saturated heterocycles. The molecule has 1 aromatic heterocycles. The molecule has 3 N–H and O–H groups in total. The number of benzene rings is 2. The lowest BCUT2D eigenvalue weighted by molar-refractivity contribution is -0.137. The molecule has 1 aliphatic carbocycles. The minimum absolute atomic E-state index is 0.0152. The minimum atomic E-state index is -0.804. The maximum Gasteiger partial charge on any atom is 0.328 e. The van der Waals surface area contributed by atoms with Crippen molar-refractivity contribution >= 4 is 50.2 Å². The van der Waals surface area contributed by atoms with Crippen LogP contribution >= 0.6 is 15.9 Å². The number of amides is 3. The first-order valence-electron chi connectivity index (χ1n) is 11.1. The quantitative estimate of drug-likeness (QED) is 0.440. The first-order chi connectivity index (χ1) is 15.8. The predicted molar refractivity (Wildman–Crippen MR) is 133 cm³/mol. The van der Waals surface area contributed by atoms with Gasteiger partial charge in [0.25, 0.3) is 5.91 Å². The summed E-state index contributed by atoms with van der Waals surface area (Å²) >= 11 is 3.44. The number of hydrogen-bond donors (Lipinski definition) is 3. The van der Waals surface area contributed by atoms with Crippen LogP contribution in [0.2, 0.25) is 0 Å². The van der Waals surface area contributed by atoms with E-state index in [4.69, 9.17) is 0 Å². The van der Waals surface area contributed by atoms with Gasteiger partial charge in [-0.15, -0.1) is 0 Å². The summed E-state index contributed by atoms with van der Waals surface area (Å²) < 4.78 is 2.22. The Bertz CT molecular complexity index is 1230. The van der Waals surface area contributed by atoms with Crippen LogP contribution in [0.15, 0.2) is 46.9 Å². The molecule has 4 rings (SSSR count). The molecule has 3 amide bonds. The van der Waals surface area contributed by atoms with E-state index in [0.717, 1.165) is 53.1 Å². The number of nitrogens with zero attached hydrogens (tertiary/aromatic N) is 1. The van der Waals surface area contributed by atoms with Gasteiger partial charge in [-0.2, -0.15) is 0 Å². The molecule has 0 unspecified atom stereocenters. The SMILES string of the molecule is Cc1cccc(NC(=O)c2cc3cc(Br)ccc3n2NC(=O)C(=O)NC2CCCCC2)c1C. The van der Waals surface area contributed by atoms with Crippen LogP contribution in [0.25, 0.3) is 10.9 Å². The van der Waals surface area contributed by atoms with Crippen LogP contribution in [0.3, 0.4) is 0 Å². The molecule has 0 radical (unpaired) electrons. The Morgan fingerprint density at radius 3 is 2.48 bits per heavy atom. The van der Waals surface area contributed by atoms with Gasteiger partial charge in [-0.05, 0) is 68.1 Å². The lowest BCUT2D eigenvalue weighted by Gasteiger charge is -2.22. The van der Waals surface area contributed by atoms with E-state index in [1.165, 1.54) is 4.68 Å². The zero-order valence-corrected chi connectivity index (χ0v) is 20.3. The van der Waals surface area contributed by atoms with E-state index < -0.39 is 11.8 Å². The van der Waals surface area contributed by atoms with Gasteiger partial charge in [0.05, 0.1) is 5.52 Å². The van der Waals surface area contributed by atoms with Crippen molar-refractivity contribution in [1.29, 1.82) is 0 Å². The van der Waals surface area contributed by atoms with Crippen molar-refractivity contribution < 1.29 is 14.4 Å². The van der Waals surface area contributed by atoms with E-state index in [1.807, 2.05) is 44.2 Å². The molecule has 7 nitrogen and oxygen atoms in total. The van der Waals surface area contributed by atoms with Crippen molar-refractivity contribution in [2.75, 3.05) is 10.7 Å². The fourth-order valence-electron chi connectivity index (χ4n) is 4.20. The molecular weight excluding hydrogens is 484 g/mol. The largest absolute Gasteiger partial charge is 0.345 e. The Hall–Kier alpha value is -3.13. The number of aromatic nitrogens is 1. The monoisotopic (exact) mass is 510 g/mol. The topological polar surface area (TPSA) is 92.2 Å². The molecule has 1 fully saturated rings. The summed E-state index contributed by atoms with van der Waals surface area (Å²) in [5.74, 6) is -1.88. The maximum atomic E-state index is 13.2. The molecule has 1 aliphatic rings. The summed E-state index contributed by atoms with van der Waals surface area (Å²) in [6.45, 7) is 3.92. The third-order valence-electron chi connectivity index (χ3n) is 6.21. The van der Waals surface area contributed by atoms with E-state index in [9.17, 15) is 14.4 Å². The van der Waals surface area contributed by atoms with E-state index in [2.05, 4.69) is 32.0 Å². The Kier molecular flexibility index (Phi) is 6.83. The Morgan fingerprint density at radius 2 is 1.73 bits per heavy atom. The van der Waals surface area contributed by atoms with Crippen LogP contribution < -0.4 is 16.1 Å². The highest BCUT2D eigenvalue weighted by atomic mass is 79.9. The first kappa shape index (κ1) is 23.0. The lowest BCUT2D eigenvalue weighted by Crippen LogP contribution is -2.44. The summed E-state index contributed by atoms with van der Waals surface area (Å²) in [5.41, 5.74) is 6.18. The molecule has 172 valence electrons. The highest BCUT2D eigenvalue weighted by Crippen LogP contribution is 2.25. The van der Waals surface area contributed by atoms with Crippen molar-refractivity contribution in [2.45, 2.75) is 52.0 Å². The number of halogens is 1. The van der Waals surface area contributed by atoms with E-state index in [1.54, 1.807) is 12.1 Å². The molecule has 8 heteroatoms. The third-order valence-corrected chi connectivity index (χ3v) is 6.70. The Morgan fingerprint density at radius 1 is 0.970 bits per heavy atom. The van der Waals surface area contributed by atoms with E-state index >= 15 is 0 Å². The third kappa shape index (κ3) is 5.11. The smallest absolute Gasteiger partial charge is 0.328 e. The van der Waals surface area contributed by atoms with Gasteiger partial charge in [-0.3, -0.25) is 19.8 Å². The number of hydrogen-bond acceptors (Lipinski definition) is 3. The molecule has 3 aromatic rings. The Balaban J connectivity index is 1.61. The van der Waals surface area contributed by atoms with Crippen molar-refractivity contribution in [2.24, 2.45) is 0 Å². The number of fused-ring (bicyclic) bond motifs is 1. The minimum Gasteiger partial charge on any atom is -0.345 e. The second-order valence-corrected chi connectivity index (χ2v) is 9.43.